The summed E-state index contributed by atoms with van der Waals surface area (Å²) < 4.78 is 17.9. The summed E-state index contributed by atoms with van der Waals surface area (Å²) in [6, 6.07) is 20.7. The van der Waals surface area contributed by atoms with Gasteiger partial charge < -0.3 is 24.5 Å². The molecule has 7 heteroatoms. The highest BCUT2D eigenvalue weighted by Gasteiger charge is 2.52. The highest BCUT2D eigenvalue weighted by atomic mass is 16.7. The number of rotatable bonds is 6. The summed E-state index contributed by atoms with van der Waals surface area (Å²) >= 11 is 0. The Labute approximate surface area is 200 Å². The molecule has 1 saturated heterocycles. The van der Waals surface area contributed by atoms with E-state index < -0.39 is 24.4 Å². The van der Waals surface area contributed by atoms with Crippen LogP contribution in [0.2, 0.25) is 0 Å². The average molecular weight is 459 g/mol. The van der Waals surface area contributed by atoms with Crippen LogP contribution in [-0.4, -0.2) is 36.1 Å². The second-order valence-electron chi connectivity index (χ2n) is 9.44. The molecule has 4 rings (SSSR count). The molecule has 0 aromatic heterocycles. The first-order chi connectivity index (χ1) is 16.2. The van der Waals surface area contributed by atoms with E-state index >= 15 is 0 Å². The van der Waals surface area contributed by atoms with Crippen molar-refractivity contribution in [1.29, 1.82) is 0 Å². The molecule has 0 spiro atoms. The van der Waals surface area contributed by atoms with E-state index in [1.54, 1.807) is 6.07 Å². The van der Waals surface area contributed by atoms with Gasteiger partial charge in [-0.3, -0.25) is 0 Å². The van der Waals surface area contributed by atoms with Crippen LogP contribution < -0.4 is 5.32 Å². The fourth-order valence-electron chi connectivity index (χ4n) is 3.78. The third-order valence-corrected chi connectivity index (χ3v) is 6.48. The predicted octanol–water partition coefficient (Wildman–Crippen LogP) is 5.49. The highest BCUT2D eigenvalue weighted by Crippen LogP contribution is 2.39. The van der Waals surface area contributed by atoms with Crippen LogP contribution in [0.15, 0.2) is 72.2 Å². The third kappa shape index (κ3) is 5.11. The molecule has 1 aliphatic rings. The first kappa shape index (κ1) is 23.9. The van der Waals surface area contributed by atoms with Crippen LogP contribution >= 0.6 is 0 Å². The van der Waals surface area contributed by atoms with E-state index in [4.69, 9.17) is 14.0 Å². The summed E-state index contributed by atoms with van der Waals surface area (Å²) in [5, 5.41) is 14.7. The summed E-state index contributed by atoms with van der Waals surface area (Å²) in [6.07, 6.45) is 1.42. The molecule has 1 fully saturated rings. The van der Waals surface area contributed by atoms with Crippen LogP contribution in [0.5, 0.6) is 5.75 Å². The van der Waals surface area contributed by atoms with Gasteiger partial charge in [0.15, 0.2) is 0 Å². The number of carbonyl (C=O) groups is 1. The fraction of sp³-hybridized carbons (Fsp3) is 0.296. The molecule has 176 valence electrons. The Bertz CT molecular complexity index is 1190. The van der Waals surface area contributed by atoms with E-state index in [1.165, 1.54) is 0 Å². The summed E-state index contributed by atoms with van der Waals surface area (Å²) in [4.78, 5) is 12.4. The molecule has 3 aromatic rings. The molecule has 1 amide bonds. The summed E-state index contributed by atoms with van der Waals surface area (Å²) in [5.41, 5.74) is 1.49. The number of alkyl carbamates (subject to hydrolysis) is 1. The Morgan fingerprint density at radius 2 is 1.56 bits per heavy atom. The Balaban J connectivity index is 1.58. The third-order valence-electron chi connectivity index (χ3n) is 6.48. The van der Waals surface area contributed by atoms with Gasteiger partial charge in [-0.2, -0.15) is 0 Å². The van der Waals surface area contributed by atoms with Gasteiger partial charge in [-0.05, 0) is 55.7 Å². The zero-order valence-corrected chi connectivity index (χ0v) is 20.0. The van der Waals surface area contributed by atoms with Gasteiger partial charge in [0, 0.05) is 11.9 Å². The van der Waals surface area contributed by atoms with Crippen molar-refractivity contribution in [3.05, 3.63) is 83.3 Å². The summed E-state index contributed by atoms with van der Waals surface area (Å²) in [6.45, 7) is 8.32. The van der Waals surface area contributed by atoms with Gasteiger partial charge in [-0.25, -0.2) is 4.79 Å². The smallest absolute Gasteiger partial charge is 0.492 e. The van der Waals surface area contributed by atoms with Gasteiger partial charge in [0.1, 0.15) is 12.4 Å². The number of phenolic OH excluding ortho intramolecular Hbond substituents is 1. The van der Waals surface area contributed by atoms with Crippen molar-refractivity contribution in [3.8, 4) is 5.75 Å². The van der Waals surface area contributed by atoms with Crippen LogP contribution in [0, 0.1) is 0 Å². The maximum atomic E-state index is 12.4. The first-order valence-electron chi connectivity index (χ1n) is 11.4. The zero-order chi connectivity index (χ0) is 24.3. The molecular weight excluding hydrogens is 429 g/mol. The Morgan fingerprint density at radius 1 is 0.941 bits per heavy atom. The van der Waals surface area contributed by atoms with Gasteiger partial charge in [0.25, 0.3) is 0 Å². The molecule has 3 aromatic carbocycles. The second kappa shape index (κ2) is 9.53. The summed E-state index contributed by atoms with van der Waals surface area (Å²) in [7, 11) is -0.646. The second-order valence-corrected chi connectivity index (χ2v) is 9.44. The lowest BCUT2D eigenvalue weighted by Gasteiger charge is -2.32. The lowest BCUT2D eigenvalue weighted by molar-refractivity contribution is 0.00578. The van der Waals surface area contributed by atoms with Crippen LogP contribution in [0.1, 0.15) is 38.8 Å². The Hall–Kier alpha value is -3.29. The van der Waals surface area contributed by atoms with Crippen LogP contribution in [0.25, 0.3) is 16.8 Å². The van der Waals surface area contributed by atoms with Crippen molar-refractivity contribution in [3.63, 3.8) is 0 Å². The largest absolute Gasteiger partial charge is 0.507 e. The SMILES string of the molecule is CC1(C)OB(C(=Cc2ccc(O)c3ccccc23)CNC(=O)OCc2ccccc2)OC1(C)C. The van der Waals surface area contributed by atoms with Gasteiger partial charge in [-0.1, -0.05) is 66.7 Å². The normalized spacial score (nSPS) is 17.1. The number of phenols is 1. The number of carbonyl (C=O) groups excluding carboxylic acids is 1. The van der Waals surface area contributed by atoms with Crippen LogP contribution in [0.3, 0.4) is 0 Å². The van der Waals surface area contributed by atoms with E-state index in [1.807, 2.05) is 94.4 Å². The fourth-order valence-corrected chi connectivity index (χ4v) is 3.78. The van der Waals surface area contributed by atoms with Crippen molar-refractivity contribution in [2.45, 2.75) is 45.5 Å². The molecular formula is C27H30BNO5. The number of aromatic hydroxyl groups is 1. The van der Waals surface area contributed by atoms with Crippen molar-refractivity contribution in [2.75, 3.05) is 6.54 Å². The van der Waals surface area contributed by atoms with Gasteiger partial charge in [-0.15, -0.1) is 0 Å². The molecule has 0 radical (unpaired) electrons. The van der Waals surface area contributed by atoms with E-state index in [9.17, 15) is 9.90 Å². The first-order valence-corrected chi connectivity index (χ1v) is 11.4. The van der Waals surface area contributed by atoms with Crippen molar-refractivity contribution in [1.82, 2.24) is 5.32 Å². The monoisotopic (exact) mass is 459 g/mol. The molecule has 34 heavy (non-hydrogen) atoms. The minimum atomic E-state index is -0.646. The van der Waals surface area contributed by atoms with E-state index in [-0.39, 0.29) is 18.9 Å². The van der Waals surface area contributed by atoms with Crippen LogP contribution in [0.4, 0.5) is 4.79 Å². The maximum Gasteiger partial charge on any atom is 0.492 e. The number of amides is 1. The van der Waals surface area contributed by atoms with Crippen molar-refractivity contribution < 1.29 is 23.9 Å². The zero-order valence-electron chi connectivity index (χ0n) is 20.0. The van der Waals surface area contributed by atoms with Gasteiger partial charge in [0.2, 0.25) is 0 Å². The van der Waals surface area contributed by atoms with E-state index in [0.29, 0.717) is 0 Å². The molecule has 2 N–H and O–H groups in total. The van der Waals surface area contributed by atoms with Gasteiger partial charge in [0.05, 0.1) is 11.2 Å². The lowest BCUT2D eigenvalue weighted by atomic mass is 9.76. The Morgan fingerprint density at radius 3 is 2.24 bits per heavy atom. The number of hydrogen-bond acceptors (Lipinski definition) is 5. The highest BCUT2D eigenvalue weighted by molar-refractivity contribution is 6.56. The molecule has 0 bridgehead atoms. The number of hydrogen-bond donors (Lipinski definition) is 2. The number of fused-ring (bicyclic) bond motifs is 1. The maximum absolute atomic E-state index is 12.4. The molecule has 0 atom stereocenters. The van der Waals surface area contributed by atoms with Crippen molar-refractivity contribution in [2.24, 2.45) is 0 Å². The topological polar surface area (TPSA) is 77.0 Å². The Kier molecular flexibility index (Phi) is 6.68. The minimum absolute atomic E-state index is 0.180. The van der Waals surface area contributed by atoms with Crippen molar-refractivity contribution >= 4 is 30.1 Å². The molecule has 0 unspecified atom stereocenters. The number of benzene rings is 3. The van der Waals surface area contributed by atoms with E-state index in [2.05, 4.69) is 5.32 Å². The molecule has 1 aliphatic heterocycles. The standard InChI is InChI=1S/C27H30BNO5/c1-26(2)27(3,4)34-28(33-26)21(17-29-25(31)32-18-19-10-6-5-7-11-19)16-20-14-15-24(30)23-13-9-8-12-22(20)23/h5-16,30H,17-18H2,1-4H3,(H,29,31). The van der Waals surface area contributed by atoms with E-state index in [0.717, 1.165) is 27.4 Å². The summed E-state index contributed by atoms with van der Waals surface area (Å²) in [5.74, 6) is 0.215. The lowest BCUT2D eigenvalue weighted by Crippen LogP contribution is -2.41. The average Bonchev–Trinajstić information content (AvgIpc) is 3.04. The molecule has 1 heterocycles. The van der Waals surface area contributed by atoms with Crippen LogP contribution in [-0.2, 0) is 20.7 Å². The molecule has 0 saturated carbocycles. The number of nitrogens with one attached hydrogen (secondary N) is 1. The molecule has 6 nitrogen and oxygen atoms in total. The number of ether oxygens (including phenoxy) is 1. The quantitative estimate of drug-likeness (QED) is 0.477. The predicted molar refractivity (Wildman–Crippen MR) is 134 cm³/mol. The van der Waals surface area contributed by atoms with Gasteiger partial charge >= 0.3 is 13.2 Å². The molecule has 0 aliphatic carbocycles. The minimum Gasteiger partial charge on any atom is -0.507 e.